The van der Waals surface area contributed by atoms with E-state index < -0.39 is 0 Å². The topological polar surface area (TPSA) is 50.7 Å². The molecule has 2 aromatic rings. The predicted octanol–water partition coefficient (Wildman–Crippen LogP) is 3.26. The zero-order chi connectivity index (χ0) is 14.7. The van der Waals surface area contributed by atoms with Crippen molar-refractivity contribution in [1.29, 1.82) is 0 Å². The van der Waals surface area contributed by atoms with Crippen LogP contribution in [0.2, 0.25) is 5.02 Å². The Morgan fingerprint density at radius 3 is 2.48 bits per heavy atom. The summed E-state index contributed by atoms with van der Waals surface area (Å²) in [6.07, 6.45) is 0. The lowest BCUT2D eigenvalue weighted by Gasteiger charge is -2.22. The summed E-state index contributed by atoms with van der Waals surface area (Å²) in [5.41, 5.74) is 1.84. The molecule has 1 heterocycles. The minimum atomic E-state index is -0.220. The quantitative estimate of drug-likeness (QED) is 0.910. The summed E-state index contributed by atoms with van der Waals surface area (Å²) in [6, 6.07) is 12.9. The predicted molar refractivity (Wildman–Crippen MR) is 82.3 cm³/mol. The van der Waals surface area contributed by atoms with Crippen LogP contribution in [0, 0.1) is 0 Å². The Bertz CT molecular complexity index is 615. The van der Waals surface area contributed by atoms with Crippen molar-refractivity contribution in [3.05, 3.63) is 53.1 Å². The van der Waals surface area contributed by atoms with Gasteiger partial charge in [0.05, 0.1) is 12.6 Å². The van der Waals surface area contributed by atoms with E-state index in [1.807, 2.05) is 42.5 Å². The summed E-state index contributed by atoms with van der Waals surface area (Å²) in [4.78, 5) is 0. The maximum Gasteiger partial charge on any atom is 0.161 e. The van der Waals surface area contributed by atoms with Crippen LogP contribution in [0.25, 0.3) is 0 Å². The SMILES string of the molecule is OCC(Nc1ccc(Cl)cc1)c1ccc2c(c1)OCCO2. The van der Waals surface area contributed by atoms with Gasteiger partial charge in [-0.2, -0.15) is 0 Å². The molecular formula is C16H16ClNO3. The van der Waals surface area contributed by atoms with E-state index in [4.69, 9.17) is 21.1 Å². The molecule has 0 amide bonds. The molecule has 5 heteroatoms. The first-order valence-electron chi connectivity index (χ1n) is 6.79. The van der Waals surface area contributed by atoms with Gasteiger partial charge in [-0.3, -0.25) is 0 Å². The third kappa shape index (κ3) is 3.23. The molecule has 1 aliphatic heterocycles. The summed E-state index contributed by atoms with van der Waals surface area (Å²) >= 11 is 5.87. The van der Waals surface area contributed by atoms with Crippen molar-refractivity contribution >= 4 is 17.3 Å². The van der Waals surface area contributed by atoms with E-state index in [0.29, 0.717) is 18.2 Å². The summed E-state index contributed by atoms with van der Waals surface area (Å²) in [5.74, 6) is 1.46. The lowest BCUT2D eigenvalue weighted by atomic mass is 10.1. The summed E-state index contributed by atoms with van der Waals surface area (Å²) < 4.78 is 11.1. The maximum atomic E-state index is 9.64. The number of hydrogen-bond donors (Lipinski definition) is 2. The number of anilines is 1. The van der Waals surface area contributed by atoms with Gasteiger partial charge in [0.15, 0.2) is 11.5 Å². The number of rotatable bonds is 4. The second-order valence-corrected chi connectivity index (χ2v) is 5.23. The van der Waals surface area contributed by atoms with Crippen LogP contribution in [0.5, 0.6) is 11.5 Å². The third-order valence-electron chi connectivity index (χ3n) is 3.34. The van der Waals surface area contributed by atoms with E-state index in [9.17, 15) is 5.11 Å². The maximum absolute atomic E-state index is 9.64. The molecule has 1 atom stereocenters. The molecule has 0 aliphatic carbocycles. The molecule has 21 heavy (non-hydrogen) atoms. The second-order valence-electron chi connectivity index (χ2n) is 4.79. The molecule has 3 rings (SSSR count). The highest BCUT2D eigenvalue weighted by Crippen LogP contribution is 2.33. The Labute approximate surface area is 128 Å². The molecule has 0 spiro atoms. The third-order valence-corrected chi connectivity index (χ3v) is 3.59. The normalized spacial score (nSPS) is 14.6. The van der Waals surface area contributed by atoms with E-state index in [0.717, 1.165) is 22.7 Å². The highest BCUT2D eigenvalue weighted by atomic mass is 35.5. The fraction of sp³-hybridized carbons (Fsp3) is 0.250. The number of aliphatic hydroxyl groups is 1. The Kier molecular flexibility index (Phi) is 4.18. The van der Waals surface area contributed by atoms with Gasteiger partial charge in [0.25, 0.3) is 0 Å². The van der Waals surface area contributed by atoms with Crippen molar-refractivity contribution in [2.24, 2.45) is 0 Å². The minimum absolute atomic E-state index is 0.0255. The Morgan fingerprint density at radius 1 is 1.05 bits per heavy atom. The van der Waals surface area contributed by atoms with Gasteiger partial charge >= 0.3 is 0 Å². The van der Waals surface area contributed by atoms with Crippen molar-refractivity contribution in [2.45, 2.75) is 6.04 Å². The molecule has 0 bridgehead atoms. The monoisotopic (exact) mass is 305 g/mol. The van der Waals surface area contributed by atoms with Crippen LogP contribution in [0.4, 0.5) is 5.69 Å². The number of nitrogens with one attached hydrogen (secondary N) is 1. The smallest absolute Gasteiger partial charge is 0.161 e. The molecule has 4 nitrogen and oxygen atoms in total. The number of ether oxygens (including phenoxy) is 2. The van der Waals surface area contributed by atoms with Crippen LogP contribution in [-0.4, -0.2) is 24.9 Å². The zero-order valence-electron chi connectivity index (χ0n) is 11.4. The minimum Gasteiger partial charge on any atom is -0.486 e. The van der Waals surface area contributed by atoms with Crippen molar-refractivity contribution in [1.82, 2.24) is 0 Å². The first kappa shape index (κ1) is 14.0. The molecule has 1 unspecified atom stereocenters. The molecule has 2 aromatic carbocycles. The number of hydrogen-bond acceptors (Lipinski definition) is 4. The molecule has 1 aliphatic rings. The lowest BCUT2D eigenvalue weighted by molar-refractivity contribution is 0.171. The molecule has 0 fully saturated rings. The van der Waals surface area contributed by atoms with Crippen LogP contribution < -0.4 is 14.8 Å². The fourth-order valence-corrected chi connectivity index (χ4v) is 2.38. The van der Waals surface area contributed by atoms with Crippen LogP contribution in [0.1, 0.15) is 11.6 Å². The molecule has 2 N–H and O–H groups in total. The van der Waals surface area contributed by atoms with Gasteiger partial charge in [0, 0.05) is 10.7 Å². The Morgan fingerprint density at radius 2 is 1.76 bits per heavy atom. The van der Waals surface area contributed by atoms with Gasteiger partial charge in [-0.1, -0.05) is 17.7 Å². The van der Waals surface area contributed by atoms with Crippen LogP contribution in [0.3, 0.4) is 0 Å². The standard InChI is InChI=1S/C16H16ClNO3/c17-12-2-4-13(5-3-12)18-14(10-19)11-1-6-15-16(9-11)21-8-7-20-15/h1-6,9,14,18-19H,7-8,10H2. The van der Waals surface area contributed by atoms with E-state index in [-0.39, 0.29) is 12.6 Å². The number of benzene rings is 2. The van der Waals surface area contributed by atoms with E-state index in [2.05, 4.69) is 5.32 Å². The Hall–Kier alpha value is -1.91. The molecule has 0 saturated carbocycles. The molecule has 0 saturated heterocycles. The number of halogens is 1. The number of fused-ring (bicyclic) bond motifs is 1. The average molecular weight is 306 g/mol. The van der Waals surface area contributed by atoms with Gasteiger partial charge < -0.3 is 19.9 Å². The van der Waals surface area contributed by atoms with E-state index in [1.165, 1.54) is 0 Å². The van der Waals surface area contributed by atoms with Gasteiger partial charge in [0.2, 0.25) is 0 Å². The lowest BCUT2D eigenvalue weighted by Crippen LogP contribution is -2.18. The van der Waals surface area contributed by atoms with Gasteiger partial charge in [-0.15, -0.1) is 0 Å². The summed E-state index contributed by atoms with van der Waals surface area (Å²) in [6.45, 7) is 1.09. The van der Waals surface area contributed by atoms with Crippen molar-refractivity contribution in [2.75, 3.05) is 25.1 Å². The fourth-order valence-electron chi connectivity index (χ4n) is 2.26. The largest absolute Gasteiger partial charge is 0.486 e. The van der Waals surface area contributed by atoms with Gasteiger partial charge in [-0.05, 0) is 42.0 Å². The molecule has 110 valence electrons. The van der Waals surface area contributed by atoms with Crippen molar-refractivity contribution in [3.63, 3.8) is 0 Å². The highest BCUT2D eigenvalue weighted by Gasteiger charge is 2.16. The van der Waals surface area contributed by atoms with Crippen LogP contribution in [0.15, 0.2) is 42.5 Å². The summed E-state index contributed by atoms with van der Waals surface area (Å²) in [7, 11) is 0. The molecule has 0 aromatic heterocycles. The first-order chi connectivity index (χ1) is 10.3. The first-order valence-corrected chi connectivity index (χ1v) is 7.16. The highest BCUT2D eigenvalue weighted by molar-refractivity contribution is 6.30. The van der Waals surface area contributed by atoms with E-state index in [1.54, 1.807) is 0 Å². The van der Waals surface area contributed by atoms with Crippen LogP contribution >= 0.6 is 11.6 Å². The molecular weight excluding hydrogens is 290 g/mol. The average Bonchev–Trinajstić information content (AvgIpc) is 2.54. The summed E-state index contributed by atoms with van der Waals surface area (Å²) in [5, 5.41) is 13.6. The Balaban J connectivity index is 1.81. The number of aliphatic hydroxyl groups excluding tert-OH is 1. The van der Waals surface area contributed by atoms with Crippen molar-refractivity contribution < 1.29 is 14.6 Å². The van der Waals surface area contributed by atoms with Crippen molar-refractivity contribution in [3.8, 4) is 11.5 Å². The van der Waals surface area contributed by atoms with E-state index >= 15 is 0 Å². The van der Waals surface area contributed by atoms with Gasteiger partial charge in [-0.25, -0.2) is 0 Å². The van der Waals surface area contributed by atoms with Gasteiger partial charge in [0.1, 0.15) is 13.2 Å². The van der Waals surface area contributed by atoms with Crippen LogP contribution in [-0.2, 0) is 0 Å². The zero-order valence-corrected chi connectivity index (χ0v) is 12.1. The molecule has 0 radical (unpaired) electrons. The second kappa shape index (κ2) is 6.24.